The van der Waals surface area contributed by atoms with Gasteiger partial charge in [0.2, 0.25) is 0 Å². The fourth-order valence-corrected chi connectivity index (χ4v) is 3.37. The minimum Gasteiger partial charge on any atom is -0.267 e. The van der Waals surface area contributed by atoms with Crippen LogP contribution in [0.1, 0.15) is 50.7 Å². The van der Waals surface area contributed by atoms with Crippen LogP contribution in [0.15, 0.2) is 46.0 Å². The van der Waals surface area contributed by atoms with Gasteiger partial charge in [-0.1, -0.05) is 39.8 Å². The SMILES string of the molecule is CC(C)c1ccc2c(=O)n3c4cc(C(C)C)ccc4c(=O)n3c2c1. The van der Waals surface area contributed by atoms with Crippen LogP contribution in [0.5, 0.6) is 0 Å². The van der Waals surface area contributed by atoms with E-state index in [1.807, 2.05) is 36.4 Å². The molecule has 2 heterocycles. The summed E-state index contributed by atoms with van der Waals surface area (Å²) in [6.07, 6.45) is 0. The molecule has 122 valence electrons. The molecule has 0 N–H and O–H groups in total. The zero-order valence-corrected chi connectivity index (χ0v) is 14.3. The molecule has 0 aliphatic rings. The number of benzene rings is 2. The van der Waals surface area contributed by atoms with Crippen molar-refractivity contribution in [2.45, 2.75) is 39.5 Å². The summed E-state index contributed by atoms with van der Waals surface area (Å²) in [6.45, 7) is 8.41. The predicted molar refractivity (Wildman–Crippen MR) is 97.8 cm³/mol. The van der Waals surface area contributed by atoms with Crippen molar-refractivity contribution in [3.63, 3.8) is 0 Å². The van der Waals surface area contributed by atoms with E-state index in [0.29, 0.717) is 33.6 Å². The van der Waals surface area contributed by atoms with Gasteiger partial charge in [0.05, 0.1) is 21.8 Å². The summed E-state index contributed by atoms with van der Waals surface area (Å²) in [5.41, 5.74) is 3.36. The van der Waals surface area contributed by atoms with Crippen molar-refractivity contribution >= 4 is 21.8 Å². The fourth-order valence-electron chi connectivity index (χ4n) is 3.37. The topological polar surface area (TPSA) is 43.0 Å². The van der Waals surface area contributed by atoms with Gasteiger partial charge in [0.15, 0.2) is 0 Å². The second kappa shape index (κ2) is 4.94. The van der Waals surface area contributed by atoms with E-state index < -0.39 is 0 Å². The van der Waals surface area contributed by atoms with E-state index in [1.165, 1.54) is 9.03 Å². The minimum absolute atomic E-state index is 0.131. The maximum Gasteiger partial charge on any atom is 0.279 e. The zero-order valence-electron chi connectivity index (χ0n) is 14.3. The third kappa shape index (κ3) is 1.86. The van der Waals surface area contributed by atoms with Crippen LogP contribution in [-0.4, -0.2) is 9.03 Å². The average Bonchev–Trinajstić information content (AvgIpc) is 3.01. The summed E-state index contributed by atoms with van der Waals surface area (Å²) in [5, 5.41) is 1.18. The molecule has 0 amide bonds. The Bertz CT molecular complexity index is 1100. The van der Waals surface area contributed by atoms with E-state index in [2.05, 4.69) is 27.7 Å². The van der Waals surface area contributed by atoms with E-state index >= 15 is 0 Å². The third-order valence-corrected chi connectivity index (χ3v) is 4.88. The predicted octanol–water partition coefficient (Wildman–Crippen LogP) is 3.75. The summed E-state index contributed by atoms with van der Waals surface area (Å²) < 4.78 is 3.05. The van der Waals surface area contributed by atoms with Crippen molar-refractivity contribution in [3.8, 4) is 0 Å². The van der Waals surface area contributed by atoms with Crippen molar-refractivity contribution in [2.24, 2.45) is 0 Å². The van der Waals surface area contributed by atoms with Crippen molar-refractivity contribution in [1.29, 1.82) is 0 Å². The molecule has 4 nitrogen and oxygen atoms in total. The first-order chi connectivity index (χ1) is 11.4. The molecule has 2 aromatic carbocycles. The van der Waals surface area contributed by atoms with Gasteiger partial charge in [-0.2, -0.15) is 0 Å². The number of nitrogens with zero attached hydrogens (tertiary/aromatic N) is 2. The number of hydrogen-bond donors (Lipinski definition) is 0. The van der Waals surface area contributed by atoms with Crippen LogP contribution in [-0.2, 0) is 0 Å². The number of fused-ring (bicyclic) bond motifs is 5. The molecule has 4 heteroatoms. The van der Waals surface area contributed by atoms with Crippen LogP contribution in [0.2, 0.25) is 0 Å². The maximum absolute atomic E-state index is 12.9. The largest absolute Gasteiger partial charge is 0.279 e. The van der Waals surface area contributed by atoms with E-state index in [4.69, 9.17) is 0 Å². The van der Waals surface area contributed by atoms with Crippen molar-refractivity contribution < 1.29 is 0 Å². The first-order valence-corrected chi connectivity index (χ1v) is 8.37. The lowest BCUT2D eigenvalue weighted by atomic mass is 10.0. The molecule has 2 aromatic heterocycles. The molecule has 0 aliphatic heterocycles. The van der Waals surface area contributed by atoms with Crippen LogP contribution in [0.4, 0.5) is 0 Å². The summed E-state index contributed by atoms with van der Waals surface area (Å²) in [5.74, 6) is 0.680. The zero-order chi connectivity index (χ0) is 17.2. The molecule has 0 radical (unpaired) electrons. The van der Waals surface area contributed by atoms with Crippen LogP contribution in [0.3, 0.4) is 0 Å². The van der Waals surface area contributed by atoms with Crippen LogP contribution in [0, 0.1) is 0 Å². The summed E-state index contributed by atoms with van der Waals surface area (Å²) in [6, 6.07) is 11.5. The van der Waals surface area contributed by atoms with Gasteiger partial charge in [-0.3, -0.25) is 9.59 Å². The lowest BCUT2D eigenvalue weighted by Gasteiger charge is -2.04. The molecule has 0 saturated heterocycles. The maximum atomic E-state index is 12.9. The molecule has 4 rings (SSSR count). The van der Waals surface area contributed by atoms with Crippen molar-refractivity contribution in [2.75, 3.05) is 0 Å². The Balaban J connectivity index is 2.24. The molecule has 0 aliphatic carbocycles. The molecular formula is C20H20N2O2. The molecule has 0 bridgehead atoms. The van der Waals surface area contributed by atoms with Crippen molar-refractivity contribution in [1.82, 2.24) is 9.03 Å². The second-order valence-electron chi connectivity index (χ2n) is 7.10. The Kier molecular flexibility index (Phi) is 3.07. The van der Waals surface area contributed by atoms with Gasteiger partial charge in [0.1, 0.15) is 0 Å². The van der Waals surface area contributed by atoms with E-state index in [0.717, 1.165) is 11.1 Å². The Hall–Kier alpha value is -2.62. The highest BCUT2D eigenvalue weighted by Gasteiger charge is 2.18. The van der Waals surface area contributed by atoms with Gasteiger partial charge in [-0.25, -0.2) is 9.03 Å². The smallest absolute Gasteiger partial charge is 0.267 e. The third-order valence-electron chi connectivity index (χ3n) is 4.88. The standard InChI is InChI=1S/C20H20N2O2/c1-11(2)13-5-7-15-17(9-13)21-20(24)16-8-6-14(12(3)4)10-18(16)22(21)19(15)23/h5-12H,1-4H3. The van der Waals surface area contributed by atoms with Gasteiger partial charge in [-0.15, -0.1) is 0 Å². The lowest BCUT2D eigenvalue weighted by Crippen LogP contribution is -2.13. The van der Waals surface area contributed by atoms with Gasteiger partial charge >= 0.3 is 0 Å². The molecule has 4 aromatic rings. The summed E-state index contributed by atoms with van der Waals surface area (Å²) >= 11 is 0. The first kappa shape index (κ1) is 14.9. The van der Waals surface area contributed by atoms with E-state index in [1.54, 1.807) is 0 Å². The highest BCUT2D eigenvalue weighted by atomic mass is 16.2. The molecule has 0 spiro atoms. The Morgan fingerprint density at radius 1 is 0.667 bits per heavy atom. The van der Waals surface area contributed by atoms with Crippen LogP contribution >= 0.6 is 0 Å². The highest BCUT2D eigenvalue weighted by molar-refractivity contribution is 5.86. The van der Waals surface area contributed by atoms with Gasteiger partial charge in [0, 0.05) is 0 Å². The highest BCUT2D eigenvalue weighted by Crippen LogP contribution is 2.23. The summed E-state index contributed by atoms with van der Waals surface area (Å²) in [4.78, 5) is 25.8. The molecule has 0 unspecified atom stereocenters. The normalized spacial score (nSPS) is 12.4. The van der Waals surface area contributed by atoms with Crippen LogP contribution < -0.4 is 11.1 Å². The second-order valence-corrected chi connectivity index (χ2v) is 7.10. The van der Waals surface area contributed by atoms with Crippen molar-refractivity contribution in [3.05, 3.63) is 68.2 Å². The van der Waals surface area contributed by atoms with Gasteiger partial charge in [0.25, 0.3) is 11.1 Å². The molecule has 0 atom stereocenters. The lowest BCUT2D eigenvalue weighted by molar-refractivity contribution is 0.840. The minimum atomic E-state index is -0.131. The number of rotatable bonds is 2. The van der Waals surface area contributed by atoms with Gasteiger partial charge in [-0.05, 0) is 47.2 Å². The van der Waals surface area contributed by atoms with Gasteiger partial charge < -0.3 is 0 Å². The molecule has 24 heavy (non-hydrogen) atoms. The Morgan fingerprint density at radius 2 is 1.04 bits per heavy atom. The quantitative estimate of drug-likeness (QED) is 0.564. The van der Waals surface area contributed by atoms with Crippen LogP contribution in [0.25, 0.3) is 21.8 Å². The molecular weight excluding hydrogens is 300 g/mol. The number of hydrogen-bond acceptors (Lipinski definition) is 2. The monoisotopic (exact) mass is 320 g/mol. The average molecular weight is 320 g/mol. The van der Waals surface area contributed by atoms with E-state index in [9.17, 15) is 9.59 Å². The fraction of sp³-hybridized carbons (Fsp3) is 0.300. The Labute approximate surface area is 139 Å². The summed E-state index contributed by atoms with van der Waals surface area (Å²) in [7, 11) is 0. The first-order valence-electron chi connectivity index (χ1n) is 8.37. The Morgan fingerprint density at radius 3 is 1.38 bits per heavy atom. The molecule has 0 saturated carbocycles. The molecule has 0 fully saturated rings. The van der Waals surface area contributed by atoms with E-state index in [-0.39, 0.29) is 11.1 Å². The number of aromatic nitrogens is 2.